The zero-order chi connectivity index (χ0) is 13.7. The second-order valence-electron chi connectivity index (χ2n) is 7.73. The van der Waals surface area contributed by atoms with Gasteiger partial charge in [-0.1, -0.05) is 68.2 Å². The van der Waals surface area contributed by atoms with Crippen molar-refractivity contribution >= 4 is 0 Å². The van der Waals surface area contributed by atoms with E-state index in [2.05, 4.69) is 55.4 Å². The average molecular weight is 240 g/mol. The molecule has 3 atom stereocenters. The van der Waals surface area contributed by atoms with Crippen molar-refractivity contribution < 1.29 is 0 Å². The van der Waals surface area contributed by atoms with Gasteiger partial charge in [0.25, 0.3) is 0 Å². The minimum Gasteiger partial charge on any atom is -0.0651 e. The fourth-order valence-electron chi connectivity index (χ4n) is 2.63. The first-order chi connectivity index (χ1) is 7.64. The Bertz CT molecular complexity index is 199. The van der Waals surface area contributed by atoms with E-state index in [1.807, 2.05) is 0 Å². The predicted molar refractivity (Wildman–Crippen MR) is 80.3 cm³/mol. The van der Waals surface area contributed by atoms with Crippen LogP contribution in [0.1, 0.15) is 87.5 Å². The van der Waals surface area contributed by atoms with Crippen molar-refractivity contribution in [2.75, 3.05) is 0 Å². The molecule has 0 spiro atoms. The van der Waals surface area contributed by atoms with Gasteiger partial charge in [-0.3, -0.25) is 0 Å². The molecule has 0 saturated heterocycles. The summed E-state index contributed by atoms with van der Waals surface area (Å²) < 4.78 is 0. The summed E-state index contributed by atoms with van der Waals surface area (Å²) in [7, 11) is 0. The first-order valence-electron chi connectivity index (χ1n) is 7.64. The number of hydrogen-bond acceptors (Lipinski definition) is 0. The highest BCUT2D eigenvalue weighted by Gasteiger charge is 2.31. The zero-order valence-electron chi connectivity index (χ0n) is 13.7. The average Bonchev–Trinajstić information content (AvgIpc) is 2.24. The molecular weight excluding hydrogens is 204 g/mol. The van der Waals surface area contributed by atoms with E-state index in [4.69, 9.17) is 0 Å². The largest absolute Gasteiger partial charge is 0.0651 e. The lowest BCUT2D eigenvalue weighted by molar-refractivity contribution is 0.125. The Morgan fingerprint density at radius 1 is 0.941 bits per heavy atom. The van der Waals surface area contributed by atoms with Crippen molar-refractivity contribution in [1.82, 2.24) is 0 Å². The van der Waals surface area contributed by atoms with Crippen LogP contribution in [0.2, 0.25) is 0 Å². The molecule has 17 heavy (non-hydrogen) atoms. The molecule has 0 aliphatic carbocycles. The highest BCUT2D eigenvalue weighted by atomic mass is 14.4. The third-order valence-corrected chi connectivity index (χ3v) is 4.84. The molecule has 0 nitrogen and oxygen atoms in total. The molecule has 3 unspecified atom stereocenters. The number of rotatable bonds is 7. The van der Waals surface area contributed by atoms with Gasteiger partial charge in [-0.05, 0) is 41.9 Å². The third kappa shape index (κ3) is 6.48. The van der Waals surface area contributed by atoms with Crippen LogP contribution in [-0.2, 0) is 0 Å². The van der Waals surface area contributed by atoms with Crippen molar-refractivity contribution in [3.05, 3.63) is 0 Å². The van der Waals surface area contributed by atoms with Crippen LogP contribution < -0.4 is 0 Å². The van der Waals surface area contributed by atoms with Crippen LogP contribution >= 0.6 is 0 Å². The predicted octanol–water partition coefficient (Wildman–Crippen LogP) is 6.30. The standard InChI is InChI=1S/C17H36/c1-9-14(3)13-17(8,10-2)15(4)11-12-16(5,6)7/h14-15H,9-13H2,1-8H3. The molecule has 0 aromatic rings. The van der Waals surface area contributed by atoms with Gasteiger partial charge in [-0.2, -0.15) is 0 Å². The molecule has 0 aromatic heterocycles. The van der Waals surface area contributed by atoms with Gasteiger partial charge in [-0.25, -0.2) is 0 Å². The fourth-order valence-corrected chi connectivity index (χ4v) is 2.63. The van der Waals surface area contributed by atoms with E-state index in [9.17, 15) is 0 Å². The van der Waals surface area contributed by atoms with Gasteiger partial charge in [0.2, 0.25) is 0 Å². The molecule has 0 heterocycles. The van der Waals surface area contributed by atoms with Crippen LogP contribution in [0, 0.1) is 22.7 Å². The molecule has 0 fully saturated rings. The van der Waals surface area contributed by atoms with Gasteiger partial charge in [0.15, 0.2) is 0 Å². The first kappa shape index (κ1) is 17.0. The van der Waals surface area contributed by atoms with E-state index in [0.29, 0.717) is 10.8 Å². The van der Waals surface area contributed by atoms with Crippen LogP contribution in [0.4, 0.5) is 0 Å². The lowest BCUT2D eigenvalue weighted by atomic mass is 9.67. The Morgan fingerprint density at radius 3 is 1.82 bits per heavy atom. The van der Waals surface area contributed by atoms with Gasteiger partial charge < -0.3 is 0 Å². The van der Waals surface area contributed by atoms with Crippen LogP contribution in [0.5, 0.6) is 0 Å². The fraction of sp³-hybridized carbons (Fsp3) is 1.00. The second-order valence-corrected chi connectivity index (χ2v) is 7.73. The lowest BCUT2D eigenvalue weighted by Crippen LogP contribution is -2.28. The van der Waals surface area contributed by atoms with Gasteiger partial charge in [-0.15, -0.1) is 0 Å². The summed E-state index contributed by atoms with van der Waals surface area (Å²) >= 11 is 0. The highest BCUT2D eigenvalue weighted by molar-refractivity contribution is 4.81. The minimum atomic E-state index is 0.485. The summed E-state index contributed by atoms with van der Waals surface area (Å²) in [4.78, 5) is 0. The maximum Gasteiger partial charge on any atom is -0.0300 e. The summed E-state index contributed by atoms with van der Waals surface area (Å²) in [6.07, 6.45) is 6.77. The van der Waals surface area contributed by atoms with Gasteiger partial charge >= 0.3 is 0 Å². The minimum absolute atomic E-state index is 0.485. The molecule has 0 heteroatoms. The molecular formula is C17H36. The summed E-state index contributed by atoms with van der Waals surface area (Å²) in [5.74, 6) is 1.72. The maximum absolute atomic E-state index is 2.51. The molecule has 0 rings (SSSR count). The van der Waals surface area contributed by atoms with Crippen LogP contribution in [0.25, 0.3) is 0 Å². The highest BCUT2D eigenvalue weighted by Crippen LogP contribution is 2.41. The molecule has 0 amide bonds. The van der Waals surface area contributed by atoms with Crippen molar-refractivity contribution in [3.8, 4) is 0 Å². The zero-order valence-corrected chi connectivity index (χ0v) is 13.7. The number of hydrogen-bond donors (Lipinski definition) is 0. The van der Waals surface area contributed by atoms with Gasteiger partial charge in [0.05, 0.1) is 0 Å². The molecule has 0 aliphatic rings. The molecule has 0 aromatic carbocycles. The Morgan fingerprint density at radius 2 is 1.47 bits per heavy atom. The van der Waals surface area contributed by atoms with Crippen molar-refractivity contribution in [2.24, 2.45) is 22.7 Å². The normalized spacial score (nSPS) is 19.8. The van der Waals surface area contributed by atoms with Crippen LogP contribution in [0.15, 0.2) is 0 Å². The van der Waals surface area contributed by atoms with Crippen molar-refractivity contribution in [1.29, 1.82) is 0 Å². The molecule has 0 aliphatic heterocycles. The monoisotopic (exact) mass is 240 g/mol. The Hall–Kier alpha value is 0. The van der Waals surface area contributed by atoms with Crippen LogP contribution in [0.3, 0.4) is 0 Å². The second kappa shape index (κ2) is 6.81. The third-order valence-electron chi connectivity index (χ3n) is 4.84. The summed E-state index contributed by atoms with van der Waals surface area (Å²) in [5.41, 5.74) is 1.03. The van der Waals surface area contributed by atoms with Gasteiger partial charge in [0, 0.05) is 0 Å². The summed E-state index contributed by atoms with van der Waals surface area (Å²) in [6, 6.07) is 0. The molecule has 0 N–H and O–H groups in total. The van der Waals surface area contributed by atoms with E-state index in [0.717, 1.165) is 11.8 Å². The van der Waals surface area contributed by atoms with Gasteiger partial charge in [0.1, 0.15) is 0 Å². The smallest absolute Gasteiger partial charge is 0.0300 e. The van der Waals surface area contributed by atoms with E-state index < -0.39 is 0 Å². The summed E-state index contributed by atoms with van der Waals surface area (Å²) in [5, 5.41) is 0. The molecule has 104 valence electrons. The first-order valence-corrected chi connectivity index (χ1v) is 7.64. The Kier molecular flexibility index (Phi) is 6.81. The van der Waals surface area contributed by atoms with E-state index in [1.54, 1.807) is 0 Å². The Labute approximate surface area is 111 Å². The molecule has 0 saturated carbocycles. The van der Waals surface area contributed by atoms with E-state index in [1.165, 1.54) is 32.1 Å². The lowest BCUT2D eigenvalue weighted by Gasteiger charge is -2.38. The summed E-state index contributed by atoms with van der Waals surface area (Å²) in [6.45, 7) is 19.2. The SMILES string of the molecule is CCC(C)CC(C)(CC)C(C)CCC(C)(C)C. The molecule has 0 bridgehead atoms. The van der Waals surface area contributed by atoms with E-state index >= 15 is 0 Å². The van der Waals surface area contributed by atoms with E-state index in [-0.39, 0.29) is 0 Å². The van der Waals surface area contributed by atoms with Crippen LogP contribution in [-0.4, -0.2) is 0 Å². The topological polar surface area (TPSA) is 0 Å². The van der Waals surface area contributed by atoms with Crippen molar-refractivity contribution in [3.63, 3.8) is 0 Å². The quantitative estimate of drug-likeness (QED) is 0.490. The maximum atomic E-state index is 2.51. The van der Waals surface area contributed by atoms with Crippen molar-refractivity contribution in [2.45, 2.75) is 87.5 Å². The Balaban J connectivity index is 4.41. The molecule has 0 radical (unpaired) electrons.